The SMILES string of the molecule is [CH2-]C1=CCc2ccccc21.[W+2]. The fourth-order valence-electron chi connectivity index (χ4n) is 1.35. The van der Waals surface area contributed by atoms with Crippen molar-refractivity contribution in [3.63, 3.8) is 0 Å². The van der Waals surface area contributed by atoms with Crippen LogP contribution in [0.3, 0.4) is 0 Å². The summed E-state index contributed by atoms with van der Waals surface area (Å²) in [5.74, 6) is 0. The maximum absolute atomic E-state index is 3.94. The molecule has 0 N–H and O–H groups in total. The molecule has 1 aromatic carbocycles. The summed E-state index contributed by atoms with van der Waals surface area (Å²) >= 11 is 0. The zero-order chi connectivity index (χ0) is 6.97. The molecule has 0 aromatic heterocycles. The second-order valence-corrected chi connectivity index (χ2v) is 2.59. The van der Waals surface area contributed by atoms with Crippen LogP contribution in [0.2, 0.25) is 0 Å². The van der Waals surface area contributed by atoms with E-state index in [1.807, 2.05) is 0 Å². The van der Waals surface area contributed by atoms with Crippen LogP contribution >= 0.6 is 0 Å². The molecule has 0 fully saturated rings. The standard InChI is InChI=1S/C10H9.W/c1-8-6-7-9-4-2-3-5-10(8)9;/h2-6H,1,7H2;/q-1;+2. The third-order valence-electron chi connectivity index (χ3n) is 1.93. The van der Waals surface area contributed by atoms with Crippen LogP contribution in [0.25, 0.3) is 5.57 Å². The van der Waals surface area contributed by atoms with Gasteiger partial charge in [-0.05, 0) is 0 Å². The van der Waals surface area contributed by atoms with Gasteiger partial charge in [0.15, 0.2) is 0 Å². The van der Waals surface area contributed by atoms with Gasteiger partial charge in [-0.25, -0.2) is 0 Å². The first-order valence-electron chi connectivity index (χ1n) is 3.48. The number of rotatable bonds is 0. The molecule has 54 valence electrons. The molecule has 0 aliphatic heterocycles. The fraction of sp³-hybridized carbons (Fsp3) is 0.100. The van der Waals surface area contributed by atoms with Gasteiger partial charge >= 0.3 is 21.1 Å². The van der Waals surface area contributed by atoms with Gasteiger partial charge in [0.1, 0.15) is 0 Å². The van der Waals surface area contributed by atoms with Crippen molar-refractivity contribution in [2.75, 3.05) is 0 Å². The summed E-state index contributed by atoms with van der Waals surface area (Å²) < 4.78 is 0. The van der Waals surface area contributed by atoms with Gasteiger partial charge in [-0.1, -0.05) is 24.6 Å². The van der Waals surface area contributed by atoms with E-state index >= 15 is 0 Å². The van der Waals surface area contributed by atoms with Crippen molar-refractivity contribution >= 4 is 5.57 Å². The van der Waals surface area contributed by atoms with E-state index in [0.717, 1.165) is 6.42 Å². The monoisotopic (exact) mass is 313 g/mol. The normalized spacial score (nSPS) is 13.3. The Kier molecular flexibility index (Phi) is 2.57. The first-order chi connectivity index (χ1) is 4.88. The molecule has 1 heteroatoms. The molecule has 0 spiro atoms. The summed E-state index contributed by atoms with van der Waals surface area (Å²) in [5.41, 5.74) is 3.91. The number of hydrogen-bond acceptors (Lipinski definition) is 0. The van der Waals surface area contributed by atoms with E-state index in [4.69, 9.17) is 0 Å². The van der Waals surface area contributed by atoms with Gasteiger partial charge < -0.3 is 0 Å². The molecule has 11 heavy (non-hydrogen) atoms. The summed E-state index contributed by atoms with van der Waals surface area (Å²) in [7, 11) is 0. The quantitative estimate of drug-likeness (QED) is 0.646. The number of hydrogen-bond donors (Lipinski definition) is 0. The Labute approximate surface area is 81.6 Å². The van der Waals surface area contributed by atoms with Crippen LogP contribution in [-0.2, 0) is 27.5 Å². The van der Waals surface area contributed by atoms with Crippen molar-refractivity contribution in [3.05, 3.63) is 48.4 Å². The number of fused-ring (bicyclic) bond motifs is 1. The first-order valence-corrected chi connectivity index (χ1v) is 3.48. The number of benzene rings is 1. The van der Waals surface area contributed by atoms with Crippen LogP contribution in [0, 0.1) is 6.92 Å². The molecule has 0 atom stereocenters. The summed E-state index contributed by atoms with van der Waals surface area (Å²) in [6.45, 7) is 3.94. The predicted molar refractivity (Wildman–Crippen MR) is 43.5 cm³/mol. The van der Waals surface area contributed by atoms with Gasteiger partial charge in [0.25, 0.3) is 0 Å². The maximum Gasteiger partial charge on any atom is 2.00 e. The molecule has 2 rings (SSSR count). The third kappa shape index (κ3) is 1.41. The first kappa shape index (κ1) is 8.61. The molecule has 1 aromatic rings. The van der Waals surface area contributed by atoms with Crippen molar-refractivity contribution in [3.8, 4) is 0 Å². The smallest absolute Gasteiger partial charge is 0.198 e. The second-order valence-electron chi connectivity index (χ2n) is 2.59. The number of allylic oxidation sites excluding steroid dienone is 2. The van der Waals surface area contributed by atoms with E-state index in [0.29, 0.717) is 0 Å². The van der Waals surface area contributed by atoms with Gasteiger partial charge in [0, 0.05) is 0 Å². The molecular weight excluding hydrogens is 304 g/mol. The molecule has 0 radical (unpaired) electrons. The van der Waals surface area contributed by atoms with E-state index in [2.05, 4.69) is 37.3 Å². The molecule has 0 heterocycles. The van der Waals surface area contributed by atoms with Crippen LogP contribution < -0.4 is 0 Å². The van der Waals surface area contributed by atoms with Crippen molar-refractivity contribution < 1.29 is 21.1 Å². The van der Waals surface area contributed by atoms with Crippen LogP contribution in [0.1, 0.15) is 11.1 Å². The van der Waals surface area contributed by atoms with E-state index in [9.17, 15) is 0 Å². The van der Waals surface area contributed by atoms with E-state index in [1.54, 1.807) is 0 Å². The minimum Gasteiger partial charge on any atom is -0.198 e. The topological polar surface area (TPSA) is 0 Å². The van der Waals surface area contributed by atoms with E-state index in [1.165, 1.54) is 16.7 Å². The Morgan fingerprint density at radius 1 is 1.18 bits per heavy atom. The molecule has 0 unspecified atom stereocenters. The Hall–Kier alpha value is -0.482. The van der Waals surface area contributed by atoms with Crippen LogP contribution in [0.15, 0.2) is 30.3 Å². The van der Waals surface area contributed by atoms with Gasteiger partial charge in [-0.3, -0.25) is 0 Å². The zero-order valence-electron chi connectivity index (χ0n) is 6.21. The Morgan fingerprint density at radius 2 is 1.91 bits per heavy atom. The van der Waals surface area contributed by atoms with Gasteiger partial charge in [0.05, 0.1) is 0 Å². The van der Waals surface area contributed by atoms with Crippen LogP contribution in [0.4, 0.5) is 0 Å². The molecule has 0 amide bonds. The Morgan fingerprint density at radius 3 is 2.64 bits per heavy atom. The van der Waals surface area contributed by atoms with Gasteiger partial charge in [-0.2, -0.15) is 18.6 Å². The van der Waals surface area contributed by atoms with Crippen LogP contribution in [-0.4, -0.2) is 0 Å². The van der Waals surface area contributed by atoms with Crippen molar-refractivity contribution in [2.24, 2.45) is 0 Å². The molecule has 0 nitrogen and oxygen atoms in total. The Bertz CT molecular complexity index is 287. The van der Waals surface area contributed by atoms with Gasteiger partial charge in [0.2, 0.25) is 0 Å². The molecule has 1 aliphatic carbocycles. The average Bonchev–Trinajstić information content (AvgIpc) is 2.34. The molecule has 1 aliphatic rings. The maximum atomic E-state index is 3.94. The van der Waals surface area contributed by atoms with Crippen molar-refractivity contribution in [2.45, 2.75) is 6.42 Å². The average molecular weight is 313 g/mol. The largest absolute Gasteiger partial charge is 2.00 e. The predicted octanol–water partition coefficient (Wildman–Crippen LogP) is 2.46. The fourth-order valence-corrected chi connectivity index (χ4v) is 1.35. The minimum absolute atomic E-state index is 0. The second kappa shape index (κ2) is 3.28. The Balaban J connectivity index is 0.000000605. The van der Waals surface area contributed by atoms with Crippen molar-refractivity contribution in [1.82, 2.24) is 0 Å². The minimum atomic E-state index is 0. The van der Waals surface area contributed by atoms with Crippen molar-refractivity contribution in [1.29, 1.82) is 0 Å². The third-order valence-corrected chi connectivity index (χ3v) is 1.93. The summed E-state index contributed by atoms with van der Waals surface area (Å²) in [4.78, 5) is 0. The van der Waals surface area contributed by atoms with Gasteiger partial charge in [-0.15, -0.1) is 17.2 Å². The zero-order valence-corrected chi connectivity index (χ0v) is 9.14. The van der Waals surface area contributed by atoms with E-state index < -0.39 is 0 Å². The summed E-state index contributed by atoms with van der Waals surface area (Å²) in [6, 6.07) is 8.42. The van der Waals surface area contributed by atoms with E-state index in [-0.39, 0.29) is 21.1 Å². The summed E-state index contributed by atoms with van der Waals surface area (Å²) in [5, 5.41) is 0. The molecule has 0 saturated heterocycles. The van der Waals surface area contributed by atoms with Crippen LogP contribution in [0.5, 0.6) is 0 Å². The summed E-state index contributed by atoms with van der Waals surface area (Å²) in [6.07, 6.45) is 3.24. The molecule has 0 bridgehead atoms. The molecular formula is C10H9W+. The molecule has 0 saturated carbocycles.